The number of aryl methyl sites for hydroxylation is 2. The molecule has 2 aromatic carbocycles. The predicted octanol–water partition coefficient (Wildman–Crippen LogP) is 4.73. The SMILES string of the molecule is CC(=O)c1c(OCCNC(N(C)C)N(C)C)c(OCCC(C)c2ccc(F)cc2)c2oc(C)nc2c1C. The van der Waals surface area contributed by atoms with Crippen LogP contribution in [0.15, 0.2) is 28.7 Å². The van der Waals surface area contributed by atoms with Gasteiger partial charge in [-0.05, 0) is 77.6 Å². The highest BCUT2D eigenvalue weighted by atomic mass is 19.1. The Morgan fingerprint density at radius 3 is 2.27 bits per heavy atom. The van der Waals surface area contributed by atoms with Crippen molar-refractivity contribution >= 4 is 16.9 Å². The summed E-state index contributed by atoms with van der Waals surface area (Å²) in [6.07, 6.45) is 0.707. The van der Waals surface area contributed by atoms with Gasteiger partial charge >= 0.3 is 0 Å². The summed E-state index contributed by atoms with van der Waals surface area (Å²) in [6.45, 7) is 8.41. The maximum absolute atomic E-state index is 13.3. The number of nitrogens with zero attached hydrogens (tertiary/aromatic N) is 3. The van der Waals surface area contributed by atoms with Gasteiger partial charge in [-0.3, -0.25) is 19.9 Å². The van der Waals surface area contributed by atoms with E-state index in [0.29, 0.717) is 65.8 Å². The van der Waals surface area contributed by atoms with E-state index in [9.17, 15) is 9.18 Å². The Morgan fingerprint density at radius 1 is 1.05 bits per heavy atom. The van der Waals surface area contributed by atoms with Crippen molar-refractivity contribution in [3.63, 3.8) is 0 Å². The van der Waals surface area contributed by atoms with Crippen LogP contribution in [-0.4, -0.2) is 74.8 Å². The number of ketones is 1. The quantitative estimate of drug-likeness (QED) is 0.199. The average molecular weight is 515 g/mol. The number of fused-ring (bicyclic) bond motifs is 1. The summed E-state index contributed by atoms with van der Waals surface area (Å²) >= 11 is 0. The second-order valence-corrected chi connectivity index (χ2v) is 9.82. The van der Waals surface area contributed by atoms with Gasteiger partial charge in [0.1, 0.15) is 24.2 Å². The van der Waals surface area contributed by atoms with Gasteiger partial charge < -0.3 is 13.9 Å². The van der Waals surface area contributed by atoms with E-state index >= 15 is 0 Å². The van der Waals surface area contributed by atoms with E-state index in [0.717, 1.165) is 5.56 Å². The number of rotatable bonds is 13. The molecule has 0 radical (unpaired) electrons. The molecule has 0 amide bonds. The molecule has 3 rings (SSSR count). The number of hydrogen-bond donors (Lipinski definition) is 1. The number of Topliss-reactive ketones (excluding diaryl/α,β-unsaturated/α-hetero) is 1. The molecule has 1 unspecified atom stereocenters. The van der Waals surface area contributed by atoms with E-state index < -0.39 is 0 Å². The van der Waals surface area contributed by atoms with Crippen molar-refractivity contribution in [3.05, 3.63) is 52.7 Å². The summed E-state index contributed by atoms with van der Waals surface area (Å²) in [6, 6.07) is 6.50. The minimum absolute atomic E-state index is 0.0284. The number of halogens is 1. The van der Waals surface area contributed by atoms with Gasteiger partial charge in [-0.1, -0.05) is 19.1 Å². The lowest BCUT2D eigenvalue weighted by molar-refractivity contribution is 0.0905. The lowest BCUT2D eigenvalue weighted by Gasteiger charge is -2.31. The standard InChI is InChI=1S/C28H39FN4O4/c1-17(21-9-11-22(29)12-10-21)13-15-35-27-25(36-16-14-30-28(32(5)6)33(7)8)23(19(3)34)18(2)24-26(27)37-20(4)31-24/h9-12,17,28,30H,13-16H2,1-8H3. The molecule has 1 atom stereocenters. The zero-order valence-electron chi connectivity index (χ0n) is 23.1. The van der Waals surface area contributed by atoms with Crippen LogP contribution in [-0.2, 0) is 0 Å². The molecule has 3 aromatic rings. The van der Waals surface area contributed by atoms with Crippen molar-refractivity contribution in [2.24, 2.45) is 0 Å². The van der Waals surface area contributed by atoms with Crippen LogP contribution >= 0.6 is 0 Å². The van der Waals surface area contributed by atoms with Crippen molar-refractivity contribution in [2.75, 3.05) is 47.9 Å². The van der Waals surface area contributed by atoms with Crippen molar-refractivity contribution in [3.8, 4) is 11.5 Å². The second kappa shape index (κ2) is 12.5. The zero-order chi connectivity index (χ0) is 27.3. The van der Waals surface area contributed by atoms with E-state index in [1.54, 1.807) is 19.1 Å². The predicted molar refractivity (Wildman–Crippen MR) is 143 cm³/mol. The molecule has 0 fully saturated rings. The number of hydrogen-bond acceptors (Lipinski definition) is 8. The number of aromatic nitrogens is 1. The summed E-state index contributed by atoms with van der Waals surface area (Å²) in [5.74, 6) is 0.992. The largest absolute Gasteiger partial charge is 0.487 e. The third-order valence-corrected chi connectivity index (χ3v) is 6.35. The fraction of sp³-hybridized carbons (Fsp3) is 0.500. The molecule has 0 aliphatic heterocycles. The second-order valence-electron chi connectivity index (χ2n) is 9.82. The van der Waals surface area contributed by atoms with Crippen LogP contribution in [0.4, 0.5) is 4.39 Å². The monoisotopic (exact) mass is 514 g/mol. The Hall–Kier alpha value is -3.01. The third-order valence-electron chi connectivity index (χ3n) is 6.35. The molecule has 0 saturated heterocycles. The highest BCUT2D eigenvalue weighted by Gasteiger charge is 2.27. The Bertz CT molecular complexity index is 1200. The Morgan fingerprint density at radius 2 is 1.68 bits per heavy atom. The Labute approximate surface area is 218 Å². The molecule has 37 heavy (non-hydrogen) atoms. The molecular weight excluding hydrogens is 475 g/mol. The maximum Gasteiger partial charge on any atom is 0.207 e. The van der Waals surface area contributed by atoms with E-state index in [1.807, 2.05) is 35.1 Å². The smallest absolute Gasteiger partial charge is 0.207 e. The fourth-order valence-corrected chi connectivity index (χ4v) is 4.50. The van der Waals surface area contributed by atoms with Crippen LogP contribution in [0.5, 0.6) is 11.5 Å². The number of nitrogens with one attached hydrogen (secondary N) is 1. The third kappa shape index (κ3) is 6.85. The molecule has 202 valence electrons. The Kier molecular flexibility index (Phi) is 9.64. The number of oxazole rings is 1. The number of ether oxygens (including phenoxy) is 2. The number of carbonyl (C=O) groups excluding carboxylic acids is 1. The molecule has 1 heterocycles. The summed E-state index contributed by atoms with van der Waals surface area (Å²) in [7, 11) is 7.98. The van der Waals surface area contributed by atoms with Crippen LogP contribution < -0.4 is 14.8 Å². The van der Waals surface area contributed by atoms with E-state index in [-0.39, 0.29) is 23.8 Å². The molecule has 9 heteroatoms. The zero-order valence-corrected chi connectivity index (χ0v) is 23.1. The summed E-state index contributed by atoms with van der Waals surface area (Å²) < 4.78 is 31.7. The van der Waals surface area contributed by atoms with Gasteiger partial charge in [0.05, 0.1) is 12.2 Å². The number of benzene rings is 2. The fourth-order valence-electron chi connectivity index (χ4n) is 4.50. The first-order chi connectivity index (χ1) is 17.5. The molecule has 1 aromatic heterocycles. The first kappa shape index (κ1) is 28.6. The van der Waals surface area contributed by atoms with Crippen molar-refractivity contribution in [1.82, 2.24) is 20.1 Å². The van der Waals surface area contributed by atoms with Crippen LogP contribution in [0.2, 0.25) is 0 Å². The lowest BCUT2D eigenvalue weighted by atomic mass is 9.98. The molecule has 0 bridgehead atoms. The van der Waals surface area contributed by atoms with Crippen LogP contribution in [0.3, 0.4) is 0 Å². The van der Waals surface area contributed by atoms with E-state index in [1.165, 1.54) is 19.1 Å². The van der Waals surface area contributed by atoms with Gasteiger partial charge in [0.15, 0.2) is 17.4 Å². The van der Waals surface area contributed by atoms with Crippen molar-refractivity contribution < 1.29 is 23.1 Å². The first-order valence-electron chi connectivity index (χ1n) is 12.5. The summed E-state index contributed by atoms with van der Waals surface area (Å²) in [5.41, 5.74) is 3.23. The highest BCUT2D eigenvalue weighted by Crippen LogP contribution is 2.42. The van der Waals surface area contributed by atoms with Crippen LogP contribution in [0, 0.1) is 19.7 Å². The molecular formula is C28H39FN4O4. The summed E-state index contributed by atoms with van der Waals surface area (Å²) in [5, 5.41) is 3.43. The minimum atomic E-state index is -0.259. The van der Waals surface area contributed by atoms with Crippen LogP contribution in [0.1, 0.15) is 53.6 Å². The Balaban J connectivity index is 1.86. The van der Waals surface area contributed by atoms with Gasteiger partial charge in [-0.15, -0.1) is 0 Å². The highest BCUT2D eigenvalue weighted by molar-refractivity contribution is 6.05. The topological polar surface area (TPSA) is 80.1 Å². The molecule has 0 spiro atoms. The first-order valence-corrected chi connectivity index (χ1v) is 12.5. The van der Waals surface area contributed by atoms with Gasteiger partial charge in [-0.25, -0.2) is 9.37 Å². The van der Waals surface area contributed by atoms with Gasteiger partial charge in [-0.2, -0.15) is 0 Å². The maximum atomic E-state index is 13.3. The van der Waals surface area contributed by atoms with Gasteiger partial charge in [0.25, 0.3) is 0 Å². The van der Waals surface area contributed by atoms with Crippen molar-refractivity contribution in [2.45, 2.75) is 46.3 Å². The van der Waals surface area contributed by atoms with Crippen LogP contribution in [0.25, 0.3) is 11.1 Å². The van der Waals surface area contributed by atoms with Crippen molar-refractivity contribution in [1.29, 1.82) is 0 Å². The molecule has 0 saturated carbocycles. The molecule has 1 N–H and O–H groups in total. The normalized spacial score (nSPS) is 12.6. The lowest BCUT2D eigenvalue weighted by Crippen LogP contribution is -2.52. The van der Waals surface area contributed by atoms with E-state index in [4.69, 9.17) is 13.9 Å². The average Bonchev–Trinajstić information content (AvgIpc) is 3.22. The molecule has 8 nitrogen and oxygen atoms in total. The molecule has 0 aliphatic carbocycles. The van der Waals surface area contributed by atoms with Gasteiger partial charge in [0, 0.05) is 13.5 Å². The number of carbonyl (C=O) groups is 1. The minimum Gasteiger partial charge on any atom is -0.487 e. The van der Waals surface area contributed by atoms with E-state index in [2.05, 4.69) is 27.0 Å². The molecule has 0 aliphatic rings. The van der Waals surface area contributed by atoms with Gasteiger partial charge in [0.2, 0.25) is 11.3 Å². The summed E-state index contributed by atoms with van der Waals surface area (Å²) in [4.78, 5) is 21.4.